The van der Waals surface area contributed by atoms with E-state index < -0.39 is 0 Å². The second kappa shape index (κ2) is 13.6. The standard InChI is InChI=1S/C28H44N2O2/c1-2-3-4-5-6-7-8-9-10-11-12-13-14-19-27(31)29-22-26-25-18-16-15-17-24(25)20-21-30(26)28(32)23-29/h15-18,26H,2-14,19-23H2,1H3. The van der Waals surface area contributed by atoms with Gasteiger partial charge in [0.25, 0.3) is 0 Å². The van der Waals surface area contributed by atoms with Gasteiger partial charge in [-0.15, -0.1) is 0 Å². The molecule has 0 radical (unpaired) electrons. The normalized spacial score (nSPS) is 17.9. The Bertz CT molecular complexity index is 717. The average molecular weight is 441 g/mol. The Labute approximate surface area is 195 Å². The summed E-state index contributed by atoms with van der Waals surface area (Å²) in [5.74, 6) is 0.263. The molecule has 1 atom stereocenters. The van der Waals surface area contributed by atoms with Gasteiger partial charge < -0.3 is 9.80 Å². The molecule has 1 saturated heterocycles. The molecule has 178 valence electrons. The van der Waals surface area contributed by atoms with E-state index in [2.05, 4.69) is 25.1 Å². The van der Waals surface area contributed by atoms with Gasteiger partial charge >= 0.3 is 0 Å². The molecule has 1 unspecified atom stereocenters. The van der Waals surface area contributed by atoms with Crippen LogP contribution in [-0.2, 0) is 16.0 Å². The molecule has 0 aliphatic carbocycles. The molecule has 4 nitrogen and oxygen atoms in total. The zero-order valence-corrected chi connectivity index (χ0v) is 20.3. The van der Waals surface area contributed by atoms with Crippen LogP contribution in [0.25, 0.3) is 0 Å². The zero-order chi connectivity index (χ0) is 22.6. The number of unbranched alkanes of at least 4 members (excludes halogenated alkanes) is 12. The van der Waals surface area contributed by atoms with Gasteiger partial charge in [-0.05, 0) is 24.0 Å². The van der Waals surface area contributed by atoms with Gasteiger partial charge in [0.05, 0.1) is 12.6 Å². The van der Waals surface area contributed by atoms with E-state index in [0.717, 1.165) is 25.8 Å². The van der Waals surface area contributed by atoms with Crippen molar-refractivity contribution in [3.8, 4) is 0 Å². The first-order valence-corrected chi connectivity index (χ1v) is 13.4. The molecule has 2 aliphatic rings. The quantitative estimate of drug-likeness (QED) is 0.313. The number of fused-ring (bicyclic) bond motifs is 3. The van der Waals surface area contributed by atoms with E-state index in [-0.39, 0.29) is 24.4 Å². The minimum Gasteiger partial charge on any atom is -0.332 e. The summed E-state index contributed by atoms with van der Waals surface area (Å²) in [6.45, 7) is 3.96. The van der Waals surface area contributed by atoms with E-state index in [1.165, 1.54) is 81.8 Å². The highest BCUT2D eigenvalue weighted by Gasteiger charge is 2.38. The van der Waals surface area contributed by atoms with Crippen LogP contribution in [0.15, 0.2) is 24.3 Å². The van der Waals surface area contributed by atoms with Gasteiger partial charge in [-0.1, -0.05) is 108 Å². The Morgan fingerprint density at radius 1 is 0.875 bits per heavy atom. The zero-order valence-electron chi connectivity index (χ0n) is 20.3. The van der Waals surface area contributed by atoms with Crippen LogP contribution in [0.2, 0.25) is 0 Å². The van der Waals surface area contributed by atoms with Crippen LogP contribution in [0.4, 0.5) is 0 Å². The van der Waals surface area contributed by atoms with Crippen molar-refractivity contribution >= 4 is 11.8 Å². The van der Waals surface area contributed by atoms with Gasteiger partial charge in [-0.25, -0.2) is 0 Å². The van der Waals surface area contributed by atoms with Crippen LogP contribution in [0, 0.1) is 0 Å². The number of rotatable bonds is 14. The number of hydrogen-bond acceptors (Lipinski definition) is 2. The van der Waals surface area contributed by atoms with Crippen molar-refractivity contribution in [2.45, 2.75) is 109 Å². The minimum absolute atomic E-state index is 0.0387. The largest absolute Gasteiger partial charge is 0.332 e. The molecule has 1 aromatic rings. The van der Waals surface area contributed by atoms with Gasteiger partial charge in [-0.2, -0.15) is 0 Å². The molecule has 2 heterocycles. The molecule has 3 rings (SSSR count). The Kier molecular flexibility index (Phi) is 10.6. The molecular weight excluding hydrogens is 396 g/mol. The van der Waals surface area contributed by atoms with Crippen molar-refractivity contribution in [3.63, 3.8) is 0 Å². The number of hydrogen-bond donors (Lipinski definition) is 0. The Morgan fingerprint density at radius 2 is 1.47 bits per heavy atom. The molecular formula is C28H44N2O2. The fourth-order valence-corrected chi connectivity index (χ4v) is 5.32. The first-order valence-electron chi connectivity index (χ1n) is 13.4. The van der Waals surface area contributed by atoms with E-state index in [1.54, 1.807) is 0 Å². The van der Waals surface area contributed by atoms with E-state index in [4.69, 9.17) is 0 Å². The van der Waals surface area contributed by atoms with Crippen LogP contribution in [0.5, 0.6) is 0 Å². The summed E-state index contributed by atoms with van der Waals surface area (Å²) < 4.78 is 0. The maximum Gasteiger partial charge on any atom is 0.242 e. The lowest BCUT2D eigenvalue weighted by atomic mass is 9.90. The third-order valence-corrected chi connectivity index (χ3v) is 7.30. The van der Waals surface area contributed by atoms with Crippen molar-refractivity contribution in [2.24, 2.45) is 0 Å². The van der Waals surface area contributed by atoms with Crippen LogP contribution in [0.3, 0.4) is 0 Å². The number of carbonyl (C=O) groups is 2. The van der Waals surface area contributed by atoms with Crippen molar-refractivity contribution in [2.75, 3.05) is 19.6 Å². The van der Waals surface area contributed by atoms with Crippen molar-refractivity contribution in [1.82, 2.24) is 9.80 Å². The fourth-order valence-electron chi connectivity index (χ4n) is 5.32. The van der Waals surface area contributed by atoms with Gasteiger partial charge in [-0.3, -0.25) is 9.59 Å². The molecule has 0 saturated carbocycles. The van der Waals surface area contributed by atoms with Gasteiger partial charge in [0.1, 0.15) is 0 Å². The summed E-state index contributed by atoms with van der Waals surface area (Å²) in [5.41, 5.74) is 2.55. The molecule has 0 spiro atoms. The highest BCUT2D eigenvalue weighted by Crippen LogP contribution is 2.33. The van der Waals surface area contributed by atoms with Gasteiger partial charge in [0.2, 0.25) is 11.8 Å². The lowest BCUT2D eigenvalue weighted by Gasteiger charge is -2.44. The van der Waals surface area contributed by atoms with Crippen molar-refractivity contribution < 1.29 is 9.59 Å². The molecule has 2 aliphatic heterocycles. The molecule has 0 N–H and O–H groups in total. The predicted octanol–water partition coefficient (Wildman–Crippen LogP) is 6.44. The van der Waals surface area contributed by atoms with E-state index >= 15 is 0 Å². The minimum atomic E-state index is 0.0387. The summed E-state index contributed by atoms with van der Waals surface area (Å²) in [5, 5.41) is 0. The van der Waals surface area contributed by atoms with E-state index in [9.17, 15) is 9.59 Å². The number of benzene rings is 1. The second-order valence-electron chi connectivity index (χ2n) is 9.82. The Hall–Kier alpha value is -1.84. The first-order chi connectivity index (χ1) is 15.7. The monoisotopic (exact) mass is 440 g/mol. The average Bonchev–Trinajstić information content (AvgIpc) is 2.81. The highest BCUT2D eigenvalue weighted by atomic mass is 16.2. The van der Waals surface area contributed by atoms with Crippen LogP contribution in [-0.4, -0.2) is 41.2 Å². The summed E-state index contributed by atoms with van der Waals surface area (Å²) in [6, 6.07) is 8.43. The maximum absolute atomic E-state index is 12.8. The molecule has 1 aromatic carbocycles. The van der Waals surface area contributed by atoms with Gasteiger partial charge in [0.15, 0.2) is 0 Å². The molecule has 0 aromatic heterocycles. The Balaban J connectivity index is 1.27. The highest BCUT2D eigenvalue weighted by molar-refractivity contribution is 5.86. The summed E-state index contributed by atoms with van der Waals surface area (Å²) in [4.78, 5) is 29.3. The smallest absolute Gasteiger partial charge is 0.242 e. The number of amides is 2. The molecule has 4 heteroatoms. The molecule has 0 bridgehead atoms. The first kappa shape index (κ1) is 24.8. The fraction of sp³-hybridized carbons (Fsp3) is 0.714. The third-order valence-electron chi connectivity index (χ3n) is 7.30. The van der Waals surface area contributed by atoms with Crippen LogP contribution >= 0.6 is 0 Å². The van der Waals surface area contributed by atoms with Crippen molar-refractivity contribution in [3.05, 3.63) is 35.4 Å². The van der Waals surface area contributed by atoms with Crippen LogP contribution in [0.1, 0.15) is 114 Å². The predicted molar refractivity (Wildman–Crippen MR) is 131 cm³/mol. The summed E-state index contributed by atoms with van der Waals surface area (Å²) >= 11 is 0. The Morgan fingerprint density at radius 3 is 2.12 bits per heavy atom. The number of piperazine rings is 1. The van der Waals surface area contributed by atoms with E-state index in [1.807, 2.05) is 15.9 Å². The molecule has 32 heavy (non-hydrogen) atoms. The topological polar surface area (TPSA) is 40.6 Å². The summed E-state index contributed by atoms with van der Waals surface area (Å²) in [6.07, 6.45) is 18.5. The van der Waals surface area contributed by atoms with E-state index in [0.29, 0.717) is 13.0 Å². The maximum atomic E-state index is 12.8. The van der Waals surface area contributed by atoms with Crippen molar-refractivity contribution in [1.29, 1.82) is 0 Å². The third kappa shape index (κ3) is 7.35. The second-order valence-corrected chi connectivity index (χ2v) is 9.82. The summed E-state index contributed by atoms with van der Waals surface area (Å²) in [7, 11) is 0. The lowest BCUT2D eigenvalue weighted by Crippen LogP contribution is -2.55. The molecule has 1 fully saturated rings. The number of nitrogens with zero attached hydrogens (tertiary/aromatic N) is 2. The van der Waals surface area contributed by atoms with Crippen LogP contribution < -0.4 is 0 Å². The molecule has 2 amide bonds. The van der Waals surface area contributed by atoms with Gasteiger partial charge in [0, 0.05) is 19.5 Å². The lowest BCUT2D eigenvalue weighted by molar-refractivity contribution is -0.149. The SMILES string of the molecule is CCCCCCCCCCCCCCCC(=O)N1CC(=O)N2CCc3ccccc3C2C1. The number of carbonyl (C=O) groups excluding carboxylic acids is 2.